The number of piperidine rings is 1. The first-order chi connectivity index (χ1) is 11.2. The molecule has 0 spiro atoms. The first-order valence-corrected chi connectivity index (χ1v) is 8.63. The van der Waals surface area contributed by atoms with E-state index in [1.807, 2.05) is 12.1 Å². The third kappa shape index (κ3) is 7.34. The van der Waals surface area contributed by atoms with Gasteiger partial charge in [0.05, 0.1) is 0 Å². The molecule has 4 nitrogen and oxygen atoms in total. The Balaban J connectivity index is 0.00000288. The van der Waals surface area contributed by atoms with Crippen LogP contribution in [-0.2, 0) is 6.42 Å². The van der Waals surface area contributed by atoms with Gasteiger partial charge in [-0.1, -0.05) is 18.2 Å². The van der Waals surface area contributed by atoms with Gasteiger partial charge < -0.3 is 15.5 Å². The Hall–Kier alpha value is -0.890. The van der Waals surface area contributed by atoms with E-state index < -0.39 is 0 Å². The Kier molecular flexibility index (Phi) is 10.2. The maximum absolute atomic E-state index is 13.6. The fourth-order valence-corrected chi connectivity index (χ4v) is 3.00. The summed E-state index contributed by atoms with van der Waals surface area (Å²) >= 11 is 0. The molecule has 2 N–H and O–H groups in total. The zero-order chi connectivity index (χ0) is 16.5. The highest BCUT2D eigenvalue weighted by atomic mass is 127. The normalized spacial score (nSPS) is 18.8. The van der Waals surface area contributed by atoms with E-state index in [9.17, 15) is 4.39 Å². The largest absolute Gasteiger partial charge is 0.357 e. The number of rotatable bonds is 6. The van der Waals surface area contributed by atoms with Crippen molar-refractivity contribution in [1.82, 2.24) is 15.5 Å². The third-order valence-corrected chi connectivity index (χ3v) is 4.22. The molecule has 24 heavy (non-hydrogen) atoms. The lowest BCUT2D eigenvalue weighted by Crippen LogP contribution is -2.39. The summed E-state index contributed by atoms with van der Waals surface area (Å²) in [6.07, 6.45) is 3.17. The van der Waals surface area contributed by atoms with E-state index in [0.717, 1.165) is 31.2 Å². The summed E-state index contributed by atoms with van der Waals surface area (Å²) < 4.78 is 13.6. The topological polar surface area (TPSA) is 39.7 Å². The van der Waals surface area contributed by atoms with Crippen molar-refractivity contribution < 1.29 is 4.39 Å². The SMILES string of the molecule is CCNC(=NCC1CCCN(C)C1)NCCc1ccccc1F.I. The van der Waals surface area contributed by atoms with Crippen LogP contribution in [0.25, 0.3) is 0 Å². The van der Waals surface area contributed by atoms with E-state index in [1.54, 1.807) is 6.07 Å². The van der Waals surface area contributed by atoms with Crippen LogP contribution in [0.4, 0.5) is 4.39 Å². The lowest BCUT2D eigenvalue weighted by atomic mass is 9.99. The first-order valence-electron chi connectivity index (χ1n) is 8.63. The van der Waals surface area contributed by atoms with Crippen LogP contribution in [0.2, 0.25) is 0 Å². The number of guanidine groups is 1. The molecule has 0 saturated carbocycles. The van der Waals surface area contributed by atoms with E-state index in [0.29, 0.717) is 18.9 Å². The zero-order valence-corrected chi connectivity index (χ0v) is 17.1. The number of nitrogens with zero attached hydrogens (tertiary/aromatic N) is 2. The number of benzene rings is 1. The van der Waals surface area contributed by atoms with E-state index in [2.05, 4.69) is 29.5 Å². The molecule has 1 aliphatic heterocycles. The molecule has 1 atom stereocenters. The molecule has 1 heterocycles. The number of nitrogens with one attached hydrogen (secondary N) is 2. The molecule has 0 aromatic heterocycles. The summed E-state index contributed by atoms with van der Waals surface area (Å²) in [7, 11) is 2.17. The molecule has 1 saturated heterocycles. The van der Waals surface area contributed by atoms with Crippen molar-refractivity contribution in [2.75, 3.05) is 39.8 Å². The van der Waals surface area contributed by atoms with Gasteiger partial charge in [-0.15, -0.1) is 24.0 Å². The second-order valence-electron chi connectivity index (χ2n) is 6.26. The Bertz CT molecular complexity index is 510. The van der Waals surface area contributed by atoms with Crippen molar-refractivity contribution in [3.8, 4) is 0 Å². The lowest BCUT2D eigenvalue weighted by molar-refractivity contribution is 0.214. The van der Waals surface area contributed by atoms with Crippen molar-refractivity contribution in [3.63, 3.8) is 0 Å². The Morgan fingerprint density at radius 1 is 1.33 bits per heavy atom. The van der Waals surface area contributed by atoms with Crippen molar-refractivity contribution in [3.05, 3.63) is 35.6 Å². The Morgan fingerprint density at radius 3 is 2.83 bits per heavy atom. The van der Waals surface area contributed by atoms with Gasteiger partial charge in [0.2, 0.25) is 0 Å². The highest BCUT2D eigenvalue weighted by Gasteiger charge is 2.16. The van der Waals surface area contributed by atoms with Crippen molar-refractivity contribution in [1.29, 1.82) is 0 Å². The highest BCUT2D eigenvalue weighted by molar-refractivity contribution is 14.0. The fourth-order valence-electron chi connectivity index (χ4n) is 3.00. The minimum Gasteiger partial charge on any atom is -0.357 e. The van der Waals surface area contributed by atoms with Crippen molar-refractivity contribution in [2.45, 2.75) is 26.2 Å². The van der Waals surface area contributed by atoms with Crippen LogP contribution in [0.1, 0.15) is 25.3 Å². The maximum Gasteiger partial charge on any atom is 0.191 e. The molecule has 136 valence electrons. The van der Waals surface area contributed by atoms with E-state index in [-0.39, 0.29) is 29.8 Å². The lowest BCUT2D eigenvalue weighted by Gasteiger charge is -2.28. The smallest absolute Gasteiger partial charge is 0.191 e. The van der Waals surface area contributed by atoms with Crippen LogP contribution in [0, 0.1) is 11.7 Å². The third-order valence-electron chi connectivity index (χ3n) is 4.22. The summed E-state index contributed by atoms with van der Waals surface area (Å²) in [4.78, 5) is 7.08. The Morgan fingerprint density at radius 2 is 2.12 bits per heavy atom. The van der Waals surface area contributed by atoms with Gasteiger partial charge >= 0.3 is 0 Å². The molecule has 0 amide bonds. The molecule has 1 aromatic rings. The number of hydrogen-bond donors (Lipinski definition) is 2. The monoisotopic (exact) mass is 448 g/mol. The standard InChI is InChI=1S/C18H29FN4.HI/c1-3-20-18(22-13-15-7-6-12-23(2)14-15)21-11-10-16-8-4-5-9-17(16)19;/h4-5,8-9,15H,3,6-7,10-14H2,1-2H3,(H2,20,21,22);1H. The van der Waals surface area contributed by atoms with Crippen LogP contribution in [0.15, 0.2) is 29.3 Å². The van der Waals surface area contributed by atoms with E-state index in [4.69, 9.17) is 4.99 Å². The highest BCUT2D eigenvalue weighted by Crippen LogP contribution is 2.15. The van der Waals surface area contributed by atoms with Gasteiger partial charge in [-0.2, -0.15) is 0 Å². The number of aliphatic imine (C=N–C) groups is 1. The molecule has 1 unspecified atom stereocenters. The van der Waals surface area contributed by atoms with Crippen LogP contribution in [0.3, 0.4) is 0 Å². The maximum atomic E-state index is 13.6. The van der Waals surface area contributed by atoms with Crippen LogP contribution >= 0.6 is 24.0 Å². The van der Waals surface area contributed by atoms with Crippen LogP contribution < -0.4 is 10.6 Å². The molecule has 6 heteroatoms. The number of halogens is 2. The summed E-state index contributed by atoms with van der Waals surface area (Å²) in [5.74, 6) is 1.33. The number of likely N-dealkylation sites (tertiary alicyclic amines) is 1. The summed E-state index contributed by atoms with van der Waals surface area (Å²) in [6.45, 7) is 6.73. The summed E-state index contributed by atoms with van der Waals surface area (Å²) in [5, 5.41) is 6.57. The molecule has 0 bridgehead atoms. The van der Waals surface area contributed by atoms with Crippen molar-refractivity contribution >= 4 is 29.9 Å². The predicted molar refractivity (Wildman–Crippen MR) is 110 cm³/mol. The second kappa shape index (κ2) is 11.6. The molecule has 1 aromatic carbocycles. The fraction of sp³-hybridized carbons (Fsp3) is 0.611. The molecular weight excluding hydrogens is 418 g/mol. The predicted octanol–water partition coefficient (Wildman–Crippen LogP) is 2.88. The minimum atomic E-state index is -0.138. The molecule has 2 rings (SSSR count). The van der Waals surface area contributed by atoms with Crippen LogP contribution in [-0.4, -0.2) is 50.6 Å². The van der Waals surface area contributed by atoms with Gasteiger partial charge in [-0.3, -0.25) is 4.99 Å². The van der Waals surface area contributed by atoms with Crippen LogP contribution in [0.5, 0.6) is 0 Å². The average molecular weight is 448 g/mol. The molecule has 1 aliphatic rings. The number of hydrogen-bond acceptors (Lipinski definition) is 2. The quantitative estimate of drug-likeness (QED) is 0.400. The van der Waals surface area contributed by atoms with E-state index >= 15 is 0 Å². The molecular formula is C18H30FIN4. The van der Waals surface area contributed by atoms with Gasteiger partial charge in [-0.25, -0.2) is 4.39 Å². The van der Waals surface area contributed by atoms with E-state index in [1.165, 1.54) is 25.5 Å². The summed E-state index contributed by atoms with van der Waals surface area (Å²) in [6, 6.07) is 6.93. The van der Waals surface area contributed by atoms with Gasteiger partial charge in [0.15, 0.2) is 5.96 Å². The van der Waals surface area contributed by atoms with Crippen molar-refractivity contribution in [2.24, 2.45) is 10.9 Å². The molecule has 0 radical (unpaired) electrons. The first kappa shape index (κ1) is 21.2. The average Bonchev–Trinajstić information content (AvgIpc) is 2.54. The minimum absolute atomic E-state index is 0. The second-order valence-corrected chi connectivity index (χ2v) is 6.26. The van der Waals surface area contributed by atoms with Gasteiger partial charge in [0.25, 0.3) is 0 Å². The summed E-state index contributed by atoms with van der Waals surface area (Å²) in [5.41, 5.74) is 0.741. The zero-order valence-electron chi connectivity index (χ0n) is 14.7. The molecule has 0 aliphatic carbocycles. The van der Waals surface area contributed by atoms with Gasteiger partial charge in [0, 0.05) is 26.2 Å². The van der Waals surface area contributed by atoms with Gasteiger partial charge in [-0.05, 0) is 57.3 Å². The van der Waals surface area contributed by atoms with Gasteiger partial charge in [0.1, 0.15) is 5.82 Å². The molecule has 1 fully saturated rings. The Labute approximate surface area is 162 Å².